The first kappa shape index (κ1) is 26.4. The third kappa shape index (κ3) is 7.90. The molecule has 2 aromatic carbocycles. The van der Waals surface area contributed by atoms with Gasteiger partial charge in [-0.25, -0.2) is 9.59 Å². The third-order valence-corrected chi connectivity index (χ3v) is 5.67. The Morgan fingerprint density at radius 3 is 2.34 bits per heavy atom. The van der Waals surface area contributed by atoms with E-state index in [1.54, 1.807) is 61.5 Å². The van der Waals surface area contributed by atoms with Crippen molar-refractivity contribution in [2.24, 2.45) is 0 Å². The monoisotopic (exact) mass is 483 g/mol. The van der Waals surface area contributed by atoms with Crippen LogP contribution in [0, 0.1) is 0 Å². The molecule has 0 aliphatic carbocycles. The fourth-order valence-corrected chi connectivity index (χ4v) is 3.69. The van der Waals surface area contributed by atoms with Crippen molar-refractivity contribution < 1.29 is 33.3 Å². The van der Waals surface area contributed by atoms with Crippen molar-refractivity contribution in [3.05, 3.63) is 71.8 Å². The highest BCUT2D eigenvalue weighted by atomic mass is 16.6. The maximum atomic E-state index is 13.0. The lowest BCUT2D eigenvalue weighted by Crippen LogP contribution is -2.50. The van der Waals surface area contributed by atoms with Gasteiger partial charge in [0.15, 0.2) is 12.1 Å². The predicted octanol–water partition coefficient (Wildman–Crippen LogP) is 3.55. The number of rotatable bonds is 8. The summed E-state index contributed by atoms with van der Waals surface area (Å²) in [6.07, 6.45) is 0.0421. The number of unbranched alkanes of at least 4 members (excludes halogenated alkanes) is 1. The quantitative estimate of drug-likeness (QED) is 0.453. The molecule has 8 heteroatoms. The van der Waals surface area contributed by atoms with Gasteiger partial charge in [0.2, 0.25) is 0 Å². The topological polar surface area (TPSA) is 100 Å². The molecular weight excluding hydrogens is 450 g/mol. The highest BCUT2D eigenvalue weighted by molar-refractivity contribution is 5.96. The minimum atomic E-state index is -1.01. The van der Waals surface area contributed by atoms with Crippen LogP contribution in [0.4, 0.5) is 0 Å². The van der Waals surface area contributed by atoms with Crippen molar-refractivity contribution in [1.82, 2.24) is 5.32 Å². The zero-order chi connectivity index (χ0) is 25.0. The Labute approximate surface area is 205 Å². The Morgan fingerprint density at radius 1 is 1.03 bits per heavy atom. The van der Waals surface area contributed by atoms with Crippen LogP contribution in [0.5, 0.6) is 0 Å². The van der Waals surface area contributed by atoms with Crippen LogP contribution in [-0.4, -0.2) is 62.0 Å². The van der Waals surface area contributed by atoms with Gasteiger partial charge >= 0.3 is 11.9 Å². The standard InChI is InChI=1S/C27H33NO7/c1-3-4-16-33-23-15-17-32-18-22(28-25(29)20-11-7-5-8-12-20)27(31)34-19(2)24(23)35-26(30)21-13-9-6-10-14-21/h5-14,19,22-24H,3-4,15-18H2,1-2H3,(H,28,29)/t19-,22-,23-,24-/m0/s1. The molecule has 0 saturated carbocycles. The van der Waals surface area contributed by atoms with Gasteiger partial charge in [0.25, 0.3) is 5.91 Å². The Hall–Kier alpha value is -3.23. The lowest BCUT2D eigenvalue weighted by molar-refractivity contribution is -0.168. The highest BCUT2D eigenvalue weighted by Crippen LogP contribution is 2.20. The van der Waals surface area contributed by atoms with E-state index in [1.165, 1.54) is 0 Å². The summed E-state index contributed by atoms with van der Waals surface area (Å²) >= 11 is 0. The largest absolute Gasteiger partial charge is 0.457 e. The lowest BCUT2D eigenvalue weighted by Gasteiger charge is -2.33. The second-order valence-electron chi connectivity index (χ2n) is 8.40. The summed E-state index contributed by atoms with van der Waals surface area (Å²) < 4.78 is 23.2. The summed E-state index contributed by atoms with van der Waals surface area (Å²) in [5, 5.41) is 2.68. The number of amides is 1. The van der Waals surface area contributed by atoms with Crippen LogP contribution in [-0.2, 0) is 23.7 Å². The number of hydrogen-bond acceptors (Lipinski definition) is 7. The fraction of sp³-hybridized carbons (Fsp3) is 0.444. The summed E-state index contributed by atoms with van der Waals surface area (Å²) in [6.45, 7) is 4.42. The molecule has 1 aliphatic heterocycles. The van der Waals surface area contributed by atoms with Gasteiger partial charge in [0.05, 0.1) is 12.2 Å². The molecule has 35 heavy (non-hydrogen) atoms. The molecule has 188 valence electrons. The third-order valence-electron chi connectivity index (χ3n) is 5.67. The number of carbonyl (C=O) groups is 3. The normalized spacial score (nSPS) is 23.1. The van der Waals surface area contributed by atoms with E-state index in [1.807, 2.05) is 6.07 Å². The molecule has 0 bridgehead atoms. The van der Waals surface area contributed by atoms with E-state index in [-0.39, 0.29) is 13.2 Å². The molecule has 2 aromatic rings. The maximum absolute atomic E-state index is 13.0. The SMILES string of the molecule is CCCCO[C@H]1CCOC[C@H](NC(=O)c2ccccc2)C(=O)O[C@@H](C)[C@@H]1OC(=O)c1ccccc1. The van der Waals surface area contributed by atoms with E-state index in [2.05, 4.69) is 12.2 Å². The van der Waals surface area contributed by atoms with E-state index < -0.39 is 42.2 Å². The molecule has 1 saturated heterocycles. The van der Waals surface area contributed by atoms with Gasteiger partial charge in [-0.1, -0.05) is 49.7 Å². The number of hydrogen-bond donors (Lipinski definition) is 1. The number of cyclic esters (lactones) is 1. The summed E-state index contributed by atoms with van der Waals surface area (Å²) in [5.41, 5.74) is 0.809. The van der Waals surface area contributed by atoms with Crippen molar-refractivity contribution in [2.45, 2.75) is 57.5 Å². The molecule has 4 atom stereocenters. The Kier molecular flexibility index (Phi) is 10.3. The van der Waals surface area contributed by atoms with Crippen LogP contribution in [0.15, 0.2) is 60.7 Å². The molecule has 1 heterocycles. The van der Waals surface area contributed by atoms with Crippen molar-refractivity contribution >= 4 is 17.8 Å². The van der Waals surface area contributed by atoms with Crippen LogP contribution >= 0.6 is 0 Å². The molecule has 0 spiro atoms. The molecule has 0 aromatic heterocycles. The second kappa shape index (κ2) is 13.6. The van der Waals surface area contributed by atoms with Gasteiger partial charge in [-0.2, -0.15) is 0 Å². The summed E-state index contributed by atoms with van der Waals surface area (Å²) in [6, 6.07) is 16.2. The van der Waals surface area contributed by atoms with Crippen molar-refractivity contribution in [2.75, 3.05) is 19.8 Å². The minimum absolute atomic E-state index is 0.0414. The van der Waals surface area contributed by atoms with Gasteiger partial charge in [0, 0.05) is 25.2 Å². The van der Waals surface area contributed by atoms with Crippen LogP contribution in [0.2, 0.25) is 0 Å². The Balaban J connectivity index is 1.75. The van der Waals surface area contributed by atoms with E-state index >= 15 is 0 Å². The maximum Gasteiger partial charge on any atom is 0.338 e. The second-order valence-corrected chi connectivity index (χ2v) is 8.40. The van der Waals surface area contributed by atoms with Crippen molar-refractivity contribution in [3.8, 4) is 0 Å². The number of esters is 2. The number of ether oxygens (including phenoxy) is 4. The molecule has 0 unspecified atom stereocenters. The zero-order valence-corrected chi connectivity index (χ0v) is 20.2. The molecule has 0 radical (unpaired) electrons. The lowest BCUT2D eigenvalue weighted by atomic mass is 10.0. The first-order valence-corrected chi connectivity index (χ1v) is 12.0. The van der Waals surface area contributed by atoms with E-state index in [4.69, 9.17) is 18.9 Å². The predicted molar refractivity (Wildman–Crippen MR) is 129 cm³/mol. The van der Waals surface area contributed by atoms with E-state index in [0.717, 1.165) is 12.8 Å². The zero-order valence-electron chi connectivity index (χ0n) is 20.2. The van der Waals surface area contributed by atoms with Crippen LogP contribution in [0.25, 0.3) is 0 Å². The molecule has 1 amide bonds. The van der Waals surface area contributed by atoms with Gasteiger partial charge in [-0.15, -0.1) is 0 Å². The minimum Gasteiger partial charge on any atom is -0.457 e. The van der Waals surface area contributed by atoms with Crippen molar-refractivity contribution in [3.63, 3.8) is 0 Å². The summed E-state index contributed by atoms with van der Waals surface area (Å²) in [7, 11) is 0. The van der Waals surface area contributed by atoms with Gasteiger partial charge in [-0.05, 0) is 37.6 Å². The molecule has 8 nitrogen and oxygen atoms in total. The average molecular weight is 484 g/mol. The van der Waals surface area contributed by atoms with Crippen LogP contribution in [0.1, 0.15) is 53.8 Å². The molecular formula is C27H33NO7. The van der Waals surface area contributed by atoms with Crippen LogP contribution in [0.3, 0.4) is 0 Å². The highest BCUT2D eigenvalue weighted by Gasteiger charge is 2.37. The average Bonchev–Trinajstić information content (AvgIpc) is 2.88. The number of nitrogens with one attached hydrogen (secondary N) is 1. The van der Waals surface area contributed by atoms with Gasteiger partial charge in [0.1, 0.15) is 12.2 Å². The first-order chi connectivity index (χ1) is 17.0. The Morgan fingerprint density at radius 2 is 1.69 bits per heavy atom. The van der Waals surface area contributed by atoms with E-state index in [9.17, 15) is 14.4 Å². The first-order valence-electron chi connectivity index (χ1n) is 12.0. The van der Waals surface area contributed by atoms with Gasteiger partial charge < -0.3 is 24.3 Å². The Bertz CT molecular complexity index is 951. The molecule has 1 aliphatic rings. The van der Waals surface area contributed by atoms with Crippen LogP contribution < -0.4 is 5.32 Å². The molecule has 1 fully saturated rings. The molecule has 1 N–H and O–H groups in total. The number of carbonyl (C=O) groups excluding carboxylic acids is 3. The van der Waals surface area contributed by atoms with Gasteiger partial charge in [-0.3, -0.25) is 4.79 Å². The smallest absolute Gasteiger partial charge is 0.338 e. The summed E-state index contributed by atoms with van der Waals surface area (Å²) in [4.78, 5) is 38.4. The van der Waals surface area contributed by atoms with E-state index in [0.29, 0.717) is 24.2 Å². The summed E-state index contributed by atoms with van der Waals surface area (Å²) in [5.74, 6) is -1.61. The molecule has 3 rings (SSSR count). The van der Waals surface area contributed by atoms with Crippen molar-refractivity contribution in [1.29, 1.82) is 0 Å². The fourth-order valence-electron chi connectivity index (χ4n) is 3.69. The number of benzene rings is 2.